The first-order chi connectivity index (χ1) is 9.44. The Morgan fingerprint density at radius 3 is 2.90 bits per heavy atom. The van der Waals surface area contributed by atoms with Crippen molar-refractivity contribution in [3.63, 3.8) is 0 Å². The van der Waals surface area contributed by atoms with Crippen LogP contribution in [-0.2, 0) is 11.3 Å². The minimum absolute atomic E-state index is 0.131. The van der Waals surface area contributed by atoms with E-state index in [-0.39, 0.29) is 5.54 Å². The first kappa shape index (κ1) is 15.7. The second-order valence-electron chi connectivity index (χ2n) is 6.59. The first-order valence-corrected chi connectivity index (χ1v) is 8.34. The largest absolute Gasteiger partial charge is 0.376 e. The second kappa shape index (κ2) is 6.87. The number of likely N-dealkylation sites (N-methyl/N-ethyl adjacent to an activating group) is 1. The molecule has 1 unspecified atom stereocenters. The van der Waals surface area contributed by atoms with E-state index in [2.05, 4.69) is 43.4 Å². The topological polar surface area (TPSA) is 37.4 Å². The number of anilines is 1. The minimum Gasteiger partial charge on any atom is -0.376 e. The number of aromatic nitrogens is 1. The lowest BCUT2D eigenvalue weighted by molar-refractivity contribution is 0.0216. The highest BCUT2D eigenvalue weighted by Crippen LogP contribution is 2.22. The lowest BCUT2D eigenvalue weighted by Crippen LogP contribution is -2.35. The number of hydrogen-bond acceptors (Lipinski definition) is 5. The molecule has 4 nitrogen and oxygen atoms in total. The molecule has 0 aliphatic carbocycles. The normalized spacial score (nSPS) is 20.1. The molecule has 114 valence electrons. The maximum absolute atomic E-state index is 5.79. The molecule has 20 heavy (non-hydrogen) atoms. The van der Waals surface area contributed by atoms with Crippen molar-refractivity contribution in [2.75, 3.05) is 25.1 Å². The van der Waals surface area contributed by atoms with Crippen molar-refractivity contribution in [1.29, 1.82) is 0 Å². The summed E-state index contributed by atoms with van der Waals surface area (Å²) >= 11 is 1.72. The number of hydrogen-bond donors (Lipinski definition) is 1. The number of ether oxygens (including phenoxy) is 1. The molecule has 0 saturated carbocycles. The van der Waals surface area contributed by atoms with Crippen molar-refractivity contribution in [1.82, 2.24) is 10.3 Å². The summed E-state index contributed by atoms with van der Waals surface area (Å²) in [6, 6.07) is 0. The molecule has 0 aromatic carbocycles. The zero-order chi connectivity index (χ0) is 14.6. The van der Waals surface area contributed by atoms with Gasteiger partial charge in [-0.1, -0.05) is 0 Å². The summed E-state index contributed by atoms with van der Waals surface area (Å²) in [7, 11) is 2.11. The Morgan fingerprint density at radius 1 is 1.45 bits per heavy atom. The molecule has 0 spiro atoms. The number of nitrogens with one attached hydrogen (secondary N) is 1. The third-order valence-electron chi connectivity index (χ3n) is 3.42. The molecule has 1 aliphatic rings. The Morgan fingerprint density at radius 2 is 2.25 bits per heavy atom. The Bertz CT molecular complexity index is 407. The molecule has 2 rings (SSSR count). The summed E-state index contributed by atoms with van der Waals surface area (Å²) in [6.45, 7) is 9.21. The van der Waals surface area contributed by atoms with E-state index >= 15 is 0 Å². The molecular formula is C15H27N3OS. The zero-order valence-electron chi connectivity index (χ0n) is 13.1. The van der Waals surface area contributed by atoms with Crippen molar-refractivity contribution in [3.05, 3.63) is 11.1 Å². The molecular weight excluding hydrogens is 270 g/mol. The van der Waals surface area contributed by atoms with Gasteiger partial charge in [0.15, 0.2) is 5.13 Å². The van der Waals surface area contributed by atoms with E-state index in [0.29, 0.717) is 6.10 Å². The van der Waals surface area contributed by atoms with Crippen LogP contribution in [0.5, 0.6) is 0 Å². The summed E-state index contributed by atoms with van der Waals surface area (Å²) in [6.07, 6.45) is 4.04. The van der Waals surface area contributed by atoms with Crippen LogP contribution in [0, 0.1) is 0 Å². The summed E-state index contributed by atoms with van der Waals surface area (Å²) in [4.78, 5) is 6.93. The zero-order valence-corrected chi connectivity index (χ0v) is 13.9. The van der Waals surface area contributed by atoms with Crippen molar-refractivity contribution in [2.45, 2.75) is 58.2 Å². The maximum atomic E-state index is 5.79. The van der Waals surface area contributed by atoms with E-state index in [1.807, 2.05) is 0 Å². The van der Waals surface area contributed by atoms with Crippen LogP contribution in [0.3, 0.4) is 0 Å². The minimum atomic E-state index is 0.131. The Labute approximate surface area is 126 Å². The maximum Gasteiger partial charge on any atom is 0.185 e. The summed E-state index contributed by atoms with van der Waals surface area (Å²) in [5.74, 6) is 0. The van der Waals surface area contributed by atoms with E-state index in [4.69, 9.17) is 9.72 Å². The fourth-order valence-electron chi connectivity index (χ4n) is 2.24. The standard InChI is InChI=1S/C15H27N3OS/c1-15(2,3)16-9-12-11-20-14(17-12)18(4)10-13-7-5-6-8-19-13/h11,13,16H,5-10H2,1-4H3. The quantitative estimate of drug-likeness (QED) is 0.906. The van der Waals surface area contributed by atoms with Crippen LogP contribution in [-0.4, -0.2) is 36.8 Å². The van der Waals surface area contributed by atoms with Gasteiger partial charge in [0.2, 0.25) is 0 Å². The molecule has 2 heterocycles. The van der Waals surface area contributed by atoms with Crippen LogP contribution in [0.25, 0.3) is 0 Å². The molecule has 1 aromatic heterocycles. The van der Waals surface area contributed by atoms with E-state index in [9.17, 15) is 0 Å². The van der Waals surface area contributed by atoms with Gasteiger partial charge < -0.3 is 15.0 Å². The number of thiazole rings is 1. The van der Waals surface area contributed by atoms with Gasteiger partial charge in [0, 0.05) is 37.7 Å². The van der Waals surface area contributed by atoms with Gasteiger partial charge in [0.05, 0.1) is 11.8 Å². The fourth-order valence-corrected chi connectivity index (χ4v) is 3.05. The summed E-state index contributed by atoms with van der Waals surface area (Å²) in [5, 5.41) is 6.71. The van der Waals surface area contributed by atoms with E-state index in [1.54, 1.807) is 11.3 Å². The number of rotatable bonds is 5. The van der Waals surface area contributed by atoms with E-state index in [0.717, 1.165) is 30.5 Å². The van der Waals surface area contributed by atoms with Crippen molar-refractivity contribution < 1.29 is 4.74 Å². The van der Waals surface area contributed by atoms with Gasteiger partial charge in [-0.25, -0.2) is 4.98 Å². The van der Waals surface area contributed by atoms with Crippen molar-refractivity contribution in [2.24, 2.45) is 0 Å². The van der Waals surface area contributed by atoms with E-state index in [1.165, 1.54) is 19.3 Å². The van der Waals surface area contributed by atoms with Gasteiger partial charge in [0.1, 0.15) is 0 Å². The molecule has 0 amide bonds. The lowest BCUT2D eigenvalue weighted by Gasteiger charge is -2.27. The highest BCUT2D eigenvalue weighted by atomic mass is 32.1. The molecule has 5 heteroatoms. The third kappa shape index (κ3) is 5.04. The first-order valence-electron chi connectivity index (χ1n) is 7.46. The average Bonchev–Trinajstić information content (AvgIpc) is 2.86. The van der Waals surface area contributed by atoms with Crippen LogP contribution in [0.1, 0.15) is 45.7 Å². The number of nitrogens with zero attached hydrogens (tertiary/aromatic N) is 2. The summed E-state index contributed by atoms with van der Waals surface area (Å²) in [5.41, 5.74) is 1.25. The van der Waals surface area contributed by atoms with Crippen LogP contribution < -0.4 is 10.2 Å². The summed E-state index contributed by atoms with van der Waals surface area (Å²) < 4.78 is 5.79. The monoisotopic (exact) mass is 297 g/mol. The highest BCUT2D eigenvalue weighted by molar-refractivity contribution is 7.13. The van der Waals surface area contributed by atoms with Gasteiger partial charge in [-0.15, -0.1) is 11.3 Å². The van der Waals surface area contributed by atoms with Crippen LogP contribution in [0.4, 0.5) is 5.13 Å². The van der Waals surface area contributed by atoms with Crippen LogP contribution >= 0.6 is 11.3 Å². The SMILES string of the molecule is CN(CC1CCCCO1)c1nc(CNC(C)(C)C)cs1. The van der Waals surface area contributed by atoms with Gasteiger partial charge >= 0.3 is 0 Å². The highest BCUT2D eigenvalue weighted by Gasteiger charge is 2.18. The predicted molar refractivity (Wildman–Crippen MR) is 85.6 cm³/mol. The smallest absolute Gasteiger partial charge is 0.185 e. The average molecular weight is 297 g/mol. The molecule has 1 N–H and O–H groups in total. The Kier molecular flexibility index (Phi) is 5.41. The molecule has 0 radical (unpaired) electrons. The molecule has 1 saturated heterocycles. The second-order valence-corrected chi connectivity index (χ2v) is 7.43. The third-order valence-corrected chi connectivity index (χ3v) is 4.42. The van der Waals surface area contributed by atoms with Crippen LogP contribution in [0.2, 0.25) is 0 Å². The van der Waals surface area contributed by atoms with Gasteiger partial charge in [-0.3, -0.25) is 0 Å². The van der Waals surface area contributed by atoms with Crippen molar-refractivity contribution in [3.8, 4) is 0 Å². The predicted octanol–water partition coefficient (Wildman–Crippen LogP) is 3.04. The molecule has 1 aromatic rings. The van der Waals surface area contributed by atoms with E-state index < -0.39 is 0 Å². The lowest BCUT2D eigenvalue weighted by atomic mass is 10.1. The molecule has 0 bridgehead atoms. The van der Waals surface area contributed by atoms with Gasteiger partial charge in [-0.05, 0) is 40.0 Å². The van der Waals surface area contributed by atoms with Crippen LogP contribution in [0.15, 0.2) is 5.38 Å². The van der Waals surface area contributed by atoms with Gasteiger partial charge in [-0.2, -0.15) is 0 Å². The van der Waals surface area contributed by atoms with Crippen molar-refractivity contribution >= 4 is 16.5 Å². The Balaban J connectivity index is 1.84. The fraction of sp³-hybridized carbons (Fsp3) is 0.800. The molecule has 1 aliphatic heterocycles. The molecule has 1 atom stereocenters. The Hall–Kier alpha value is -0.650. The molecule has 1 fully saturated rings. The van der Waals surface area contributed by atoms with Gasteiger partial charge in [0.25, 0.3) is 0 Å².